The molecule has 72 valence electrons. The summed E-state index contributed by atoms with van der Waals surface area (Å²) in [5.41, 5.74) is 1.02. The standard InChI is InChI=1S/C9H16N4/c1-4-5-8-6-11-13-9(12-8)7(2)10-3/h6-7,10H,4-5H2,1-3H3. The lowest BCUT2D eigenvalue weighted by Crippen LogP contribution is -2.16. The van der Waals surface area contributed by atoms with E-state index >= 15 is 0 Å². The molecule has 1 aromatic heterocycles. The largest absolute Gasteiger partial charge is 0.311 e. The fourth-order valence-electron chi connectivity index (χ4n) is 1.04. The van der Waals surface area contributed by atoms with Crippen LogP contribution >= 0.6 is 0 Å². The summed E-state index contributed by atoms with van der Waals surface area (Å²) >= 11 is 0. The van der Waals surface area contributed by atoms with E-state index in [0.717, 1.165) is 24.4 Å². The van der Waals surface area contributed by atoms with Crippen LogP contribution in [0.25, 0.3) is 0 Å². The Morgan fingerprint density at radius 1 is 1.54 bits per heavy atom. The number of rotatable bonds is 4. The van der Waals surface area contributed by atoms with Gasteiger partial charge in [-0.3, -0.25) is 0 Å². The molecule has 1 aromatic rings. The molecule has 1 N–H and O–H groups in total. The molecular weight excluding hydrogens is 164 g/mol. The Hall–Kier alpha value is -1.03. The van der Waals surface area contributed by atoms with Gasteiger partial charge < -0.3 is 5.32 Å². The van der Waals surface area contributed by atoms with Gasteiger partial charge in [0.25, 0.3) is 0 Å². The van der Waals surface area contributed by atoms with E-state index in [2.05, 4.69) is 27.4 Å². The van der Waals surface area contributed by atoms with Crippen molar-refractivity contribution >= 4 is 0 Å². The summed E-state index contributed by atoms with van der Waals surface area (Å²) in [5.74, 6) is 0.772. The molecule has 4 heteroatoms. The molecule has 1 heterocycles. The second-order valence-corrected chi connectivity index (χ2v) is 3.07. The number of hydrogen-bond acceptors (Lipinski definition) is 4. The molecule has 1 unspecified atom stereocenters. The van der Waals surface area contributed by atoms with Gasteiger partial charge in [-0.15, -0.1) is 5.10 Å². The van der Waals surface area contributed by atoms with Crippen molar-refractivity contribution in [3.05, 3.63) is 17.7 Å². The Bertz CT molecular complexity index is 262. The van der Waals surface area contributed by atoms with Crippen molar-refractivity contribution in [2.75, 3.05) is 7.05 Å². The van der Waals surface area contributed by atoms with Crippen LogP contribution in [-0.4, -0.2) is 22.2 Å². The highest BCUT2D eigenvalue weighted by Gasteiger charge is 2.06. The molecule has 1 atom stereocenters. The Morgan fingerprint density at radius 3 is 2.92 bits per heavy atom. The molecule has 0 aliphatic heterocycles. The minimum Gasteiger partial charge on any atom is -0.311 e. The van der Waals surface area contributed by atoms with E-state index in [1.54, 1.807) is 6.20 Å². The summed E-state index contributed by atoms with van der Waals surface area (Å²) in [5, 5.41) is 11.0. The van der Waals surface area contributed by atoms with E-state index in [4.69, 9.17) is 0 Å². The zero-order valence-corrected chi connectivity index (χ0v) is 8.41. The van der Waals surface area contributed by atoms with Gasteiger partial charge in [0.1, 0.15) is 0 Å². The van der Waals surface area contributed by atoms with Crippen LogP contribution in [0, 0.1) is 0 Å². The molecule has 0 saturated heterocycles. The van der Waals surface area contributed by atoms with Crippen molar-refractivity contribution in [2.45, 2.75) is 32.7 Å². The van der Waals surface area contributed by atoms with Gasteiger partial charge in [-0.05, 0) is 20.4 Å². The van der Waals surface area contributed by atoms with Gasteiger partial charge >= 0.3 is 0 Å². The van der Waals surface area contributed by atoms with Crippen LogP contribution in [-0.2, 0) is 6.42 Å². The number of hydrogen-bond donors (Lipinski definition) is 1. The van der Waals surface area contributed by atoms with Crippen LogP contribution in [0.15, 0.2) is 6.20 Å². The number of nitrogens with zero attached hydrogens (tertiary/aromatic N) is 3. The van der Waals surface area contributed by atoms with E-state index in [0.29, 0.717) is 0 Å². The summed E-state index contributed by atoms with van der Waals surface area (Å²) in [6.45, 7) is 4.15. The molecule has 0 spiro atoms. The van der Waals surface area contributed by atoms with Gasteiger partial charge in [-0.1, -0.05) is 13.3 Å². The quantitative estimate of drug-likeness (QED) is 0.754. The summed E-state index contributed by atoms with van der Waals surface area (Å²) in [4.78, 5) is 4.40. The van der Waals surface area contributed by atoms with Crippen molar-refractivity contribution < 1.29 is 0 Å². The lowest BCUT2D eigenvalue weighted by molar-refractivity contribution is 0.589. The summed E-state index contributed by atoms with van der Waals surface area (Å²) in [6, 6.07) is 0.171. The Balaban J connectivity index is 2.78. The minimum atomic E-state index is 0.171. The first kappa shape index (κ1) is 10.1. The molecule has 0 radical (unpaired) electrons. The highest BCUT2D eigenvalue weighted by atomic mass is 15.2. The molecule has 4 nitrogen and oxygen atoms in total. The molecule has 13 heavy (non-hydrogen) atoms. The first-order valence-corrected chi connectivity index (χ1v) is 4.63. The molecule has 0 fully saturated rings. The maximum atomic E-state index is 4.40. The normalized spacial score (nSPS) is 12.8. The summed E-state index contributed by atoms with van der Waals surface area (Å²) < 4.78 is 0. The Labute approximate surface area is 78.8 Å². The van der Waals surface area contributed by atoms with Gasteiger partial charge in [-0.25, -0.2) is 4.98 Å². The zero-order valence-electron chi connectivity index (χ0n) is 8.41. The highest BCUT2D eigenvalue weighted by Crippen LogP contribution is 2.05. The van der Waals surface area contributed by atoms with Crippen molar-refractivity contribution in [1.29, 1.82) is 0 Å². The second-order valence-electron chi connectivity index (χ2n) is 3.07. The lowest BCUT2D eigenvalue weighted by Gasteiger charge is -2.07. The van der Waals surface area contributed by atoms with Crippen LogP contribution in [0.3, 0.4) is 0 Å². The minimum absolute atomic E-state index is 0.171. The summed E-state index contributed by atoms with van der Waals surface area (Å²) in [7, 11) is 1.89. The average Bonchev–Trinajstić information content (AvgIpc) is 2.18. The van der Waals surface area contributed by atoms with Crippen LogP contribution in [0.2, 0.25) is 0 Å². The molecule has 0 bridgehead atoms. The van der Waals surface area contributed by atoms with Crippen molar-refractivity contribution in [3.63, 3.8) is 0 Å². The van der Waals surface area contributed by atoms with Gasteiger partial charge in [-0.2, -0.15) is 5.10 Å². The third-order valence-corrected chi connectivity index (χ3v) is 1.95. The van der Waals surface area contributed by atoms with E-state index in [9.17, 15) is 0 Å². The van der Waals surface area contributed by atoms with Gasteiger partial charge in [0.2, 0.25) is 0 Å². The van der Waals surface area contributed by atoms with Crippen molar-refractivity contribution in [2.24, 2.45) is 0 Å². The first-order valence-electron chi connectivity index (χ1n) is 4.63. The lowest BCUT2D eigenvalue weighted by atomic mass is 10.2. The molecule has 0 aromatic carbocycles. The maximum Gasteiger partial charge on any atom is 0.167 e. The predicted molar refractivity (Wildman–Crippen MR) is 51.3 cm³/mol. The molecule has 0 amide bonds. The topological polar surface area (TPSA) is 50.7 Å². The molecular formula is C9H16N4. The molecule has 1 rings (SSSR count). The Morgan fingerprint density at radius 2 is 2.31 bits per heavy atom. The number of aromatic nitrogens is 3. The highest BCUT2D eigenvalue weighted by molar-refractivity contribution is 4.99. The van der Waals surface area contributed by atoms with Crippen LogP contribution in [0.1, 0.15) is 37.8 Å². The van der Waals surface area contributed by atoms with E-state index in [1.165, 1.54) is 0 Å². The zero-order chi connectivity index (χ0) is 9.68. The molecule has 0 aliphatic carbocycles. The Kier molecular flexibility index (Phi) is 3.76. The molecule has 0 saturated carbocycles. The number of nitrogens with one attached hydrogen (secondary N) is 1. The number of aryl methyl sites for hydroxylation is 1. The van der Waals surface area contributed by atoms with Crippen molar-refractivity contribution in [1.82, 2.24) is 20.5 Å². The van der Waals surface area contributed by atoms with E-state index in [-0.39, 0.29) is 6.04 Å². The summed E-state index contributed by atoms with van der Waals surface area (Å²) in [6.07, 6.45) is 3.79. The van der Waals surface area contributed by atoms with Crippen LogP contribution in [0.5, 0.6) is 0 Å². The average molecular weight is 180 g/mol. The third-order valence-electron chi connectivity index (χ3n) is 1.95. The fraction of sp³-hybridized carbons (Fsp3) is 0.667. The maximum absolute atomic E-state index is 4.40. The van der Waals surface area contributed by atoms with Crippen molar-refractivity contribution in [3.8, 4) is 0 Å². The van der Waals surface area contributed by atoms with Crippen LogP contribution < -0.4 is 5.32 Å². The monoisotopic (exact) mass is 180 g/mol. The van der Waals surface area contributed by atoms with Gasteiger partial charge in [0.15, 0.2) is 5.82 Å². The van der Waals surface area contributed by atoms with E-state index < -0.39 is 0 Å². The molecule has 0 aliphatic rings. The van der Waals surface area contributed by atoms with Gasteiger partial charge in [0.05, 0.1) is 17.9 Å². The van der Waals surface area contributed by atoms with Gasteiger partial charge in [0, 0.05) is 0 Å². The first-order chi connectivity index (χ1) is 6.27. The van der Waals surface area contributed by atoms with E-state index in [1.807, 2.05) is 14.0 Å². The SMILES string of the molecule is CCCc1cnnc(C(C)NC)n1. The smallest absolute Gasteiger partial charge is 0.167 e. The fourth-order valence-corrected chi connectivity index (χ4v) is 1.04. The third kappa shape index (κ3) is 2.73. The predicted octanol–water partition coefficient (Wildman–Crippen LogP) is 1.10. The second kappa shape index (κ2) is 4.87. The van der Waals surface area contributed by atoms with Crippen LogP contribution in [0.4, 0.5) is 0 Å².